The Labute approximate surface area is 124 Å². The number of hydrogen-bond acceptors (Lipinski definition) is 4. The molecule has 0 saturated carbocycles. The first-order chi connectivity index (χ1) is 10.1. The summed E-state index contributed by atoms with van der Waals surface area (Å²) in [6.45, 7) is 2.01. The molecule has 1 aromatic carbocycles. The van der Waals surface area contributed by atoms with Gasteiger partial charge in [0.1, 0.15) is 12.2 Å². The number of rotatable bonds is 7. The predicted molar refractivity (Wildman–Crippen MR) is 80.0 cm³/mol. The largest absolute Gasteiger partial charge is 0.495 e. The highest BCUT2D eigenvalue weighted by Gasteiger charge is 2.10. The van der Waals surface area contributed by atoms with Crippen LogP contribution in [-0.2, 0) is 9.59 Å². The average molecular weight is 289 g/mol. The molecule has 0 aliphatic heterocycles. The summed E-state index contributed by atoms with van der Waals surface area (Å²) in [6.07, 6.45) is 1.97. The third kappa shape index (κ3) is 5.53. The van der Waals surface area contributed by atoms with Gasteiger partial charge in [-0.1, -0.05) is 13.3 Å². The molecular formula is C15H19N3O3. The summed E-state index contributed by atoms with van der Waals surface area (Å²) in [6, 6.07) is 6.68. The van der Waals surface area contributed by atoms with Gasteiger partial charge in [0.15, 0.2) is 0 Å². The van der Waals surface area contributed by atoms with E-state index >= 15 is 0 Å². The lowest BCUT2D eigenvalue weighted by molar-refractivity contribution is -0.116. The van der Waals surface area contributed by atoms with Crippen LogP contribution >= 0.6 is 0 Å². The number of amides is 2. The molecule has 0 aromatic heterocycles. The molecule has 2 amide bonds. The molecule has 21 heavy (non-hydrogen) atoms. The van der Waals surface area contributed by atoms with Gasteiger partial charge in [0, 0.05) is 12.1 Å². The number of carbonyl (C=O) groups excluding carboxylic acids is 2. The molecule has 0 radical (unpaired) electrons. The van der Waals surface area contributed by atoms with E-state index in [4.69, 9.17) is 10.00 Å². The third-order valence-corrected chi connectivity index (χ3v) is 2.75. The molecule has 1 aromatic rings. The summed E-state index contributed by atoms with van der Waals surface area (Å²) < 4.78 is 5.18. The molecule has 0 saturated heterocycles. The van der Waals surface area contributed by atoms with Crippen LogP contribution in [0.5, 0.6) is 5.75 Å². The van der Waals surface area contributed by atoms with Gasteiger partial charge in [-0.05, 0) is 24.6 Å². The molecule has 0 aliphatic rings. The topological polar surface area (TPSA) is 91.2 Å². The SMILES string of the molecule is CCCCC(=O)Nc1cc(NC(=O)CC#N)ccc1OC. The van der Waals surface area contributed by atoms with Crippen molar-refractivity contribution >= 4 is 23.2 Å². The molecular weight excluding hydrogens is 270 g/mol. The van der Waals surface area contributed by atoms with Crippen LogP contribution in [0.1, 0.15) is 32.6 Å². The van der Waals surface area contributed by atoms with Crippen LogP contribution in [0, 0.1) is 11.3 Å². The molecule has 6 heteroatoms. The lowest BCUT2D eigenvalue weighted by atomic mass is 10.2. The lowest BCUT2D eigenvalue weighted by Gasteiger charge is -2.12. The quantitative estimate of drug-likeness (QED) is 0.807. The highest BCUT2D eigenvalue weighted by atomic mass is 16.5. The molecule has 1 rings (SSSR count). The Morgan fingerprint density at radius 2 is 2.05 bits per heavy atom. The van der Waals surface area contributed by atoms with E-state index in [0.717, 1.165) is 12.8 Å². The van der Waals surface area contributed by atoms with Gasteiger partial charge in [0.2, 0.25) is 11.8 Å². The standard InChI is InChI=1S/C15H19N3O3/c1-3-4-5-14(19)18-12-10-11(6-7-13(12)21-2)17-15(20)8-9-16/h6-7,10H,3-5,8H2,1-2H3,(H,17,20)(H,18,19). The number of methoxy groups -OCH3 is 1. The number of unbranched alkanes of at least 4 members (excludes halogenated alkanes) is 1. The van der Waals surface area contributed by atoms with Crippen molar-refractivity contribution in [3.05, 3.63) is 18.2 Å². The number of nitriles is 1. The fraction of sp³-hybridized carbons (Fsp3) is 0.400. The number of nitrogens with one attached hydrogen (secondary N) is 2. The van der Waals surface area contributed by atoms with Gasteiger partial charge in [0.05, 0.1) is 18.9 Å². The van der Waals surface area contributed by atoms with Crippen LogP contribution in [0.4, 0.5) is 11.4 Å². The number of ether oxygens (including phenoxy) is 1. The maximum atomic E-state index is 11.8. The van der Waals surface area contributed by atoms with Crippen LogP contribution in [0.2, 0.25) is 0 Å². The van der Waals surface area contributed by atoms with Crippen molar-refractivity contribution in [1.82, 2.24) is 0 Å². The normalized spacial score (nSPS) is 9.57. The summed E-state index contributed by atoms with van der Waals surface area (Å²) in [4.78, 5) is 23.2. The van der Waals surface area contributed by atoms with Crippen molar-refractivity contribution < 1.29 is 14.3 Å². The zero-order chi connectivity index (χ0) is 15.7. The second-order valence-corrected chi connectivity index (χ2v) is 4.45. The van der Waals surface area contributed by atoms with Crippen molar-refractivity contribution in [2.45, 2.75) is 32.6 Å². The van der Waals surface area contributed by atoms with E-state index < -0.39 is 5.91 Å². The highest BCUT2D eigenvalue weighted by molar-refractivity contribution is 5.95. The summed E-state index contributed by atoms with van der Waals surface area (Å²) >= 11 is 0. The molecule has 112 valence electrons. The van der Waals surface area contributed by atoms with E-state index in [9.17, 15) is 9.59 Å². The van der Waals surface area contributed by atoms with Crippen LogP contribution in [0.25, 0.3) is 0 Å². The Hall–Kier alpha value is -2.55. The molecule has 0 unspecified atom stereocenters. The predicted octanol–water partition coefficient (Wildman–Crippen LogP) is 2.68. The smallest absolute Gasteiger partial charge is 0.238 e. The van der Waals surface area contributed by atoms with Gasteiger partial charge in [-0.2, -0.15) is 5.26 Å². The molecule has 6 nitrogen and oxygen atoms in total. The van der Waals surface area contributed by atoms with Crippen molar-refractivity contribution in [1.29, 1.82) is 5.26 Å². The first-order valence-electron chi connectivity index (χ1n) is 6.75. The molecule has 2 N–H and O–H groups in total. The van der Waals surface area contributed by atoms with Gasteiger partial charge < -0.3 is 15.4 Å². The van der Waals surface area contributed by atoms with Gasteiger partial charge in [-0.3, -0.25) is 9.59 Å². The number of anilines is 2. The van der Waals surface area contributed by atoms with Gasteiger partial charge in [0.25, 0.3) is 0 Å². The zero-order valence-corrected chi connectivity index (χ0v) is 12.2. The number of carbonyl (C=O) groups is 2. The minimum atomic E-state index is -0.397. The molecule has 0 aliphatic carbocycles. The maximum absolute atomic E-state index is 11.8. The van der Waals surface area contributed by atoms with Crippen LogP contribution in [-0.4, -0.2) is 18.9 Å². The summed E-state index contributed by atoms with van der Waals surface area (Å²) in [5, 5.41) is 13.8. The maximum Gasteiger partial charge on any atom is 0.238 e. The lowest BCUT2D eigenvalue weighted by Crippen LogP contribution is -2.13. The monoisotopic (exact) mass is 289 g/mol. The highest BCUT2D eigenvalue weighted by Crippen LogP contribution is 2.28. The second kappa shape index (κ2) is 8.59. The Bertz CT molecular complexity index is 550. The zero-order valence-electron chi connectivity index (χ0n) is 12.2. The van der Waals surface area contributed by atoms with E-state index in [-0.39, 0.29) is 12.3 Å². The van der Waals surface area contributed by atoms with Gasteiger partial charge in [-0.15, -0.1) is 0 Å². The number of benzene rings is 1. The summed E-state index contributed by atoms with van der Waals surface area (Å²) in [5.74, 6) is 0.0136. The summed E-state index contributed by atoms with van der Waals surface area (Å²) in [7, 11) is 1.50. The van der Waals surface area contributed by atoms with E-state index in [1.807, 2.05) is 6.92 Å². The second-order valence-electron chi connectivity index (χ2n) is 4.45. The molecule has 0 bridgehead atoms. The Kier molecular flexibility index (Phi) is 6.75. The first kappa shape index (κ1) is 16.5. The van der Waals surface area contributed by atoms with Crippen LogP contribution in [0.3, 0.4) is 0 Å². The Balaban J connectivity index is 2.83. The van der Waals surface area contributed by atoms with Crippen molar-refractivity contribution in [2.24, 2.45) is 0 Å². The molecule has 0 heterocycles. The Morgan fingerprint density at radius 3 is 2.67 bits per heavy atom. The third-order valence-electron chi connectivity index (χ3n) is 2.75. The van der Waals surface area contributed by atoms with Crippen molar-refractivity contribution in [3.8, 4) is 11.8 Å². The molecule has 0 spiro atoms. The van der Waals surface area contributed by atoms with Gasteiger partial charge in [-0.25, -0.2) is 0 Å². The van der Waals surface area contributed by atoms with E-state index in [1.54, 1.807) is 24.3 Å². The van der Waals surface area contributed by atoms with Crippen molar-refractivity contribution in [2.75, 3.05) is 17.7 Å². The van der Waals surface area contributed by atoms with Crippen LogP contribution < -0.4 is 15.4 Å². The van der Waals surface area contributed by atoms with E-state index in [0.29, 0.717) is 23.5 Å². The minimum absolute atomic E-state index is 0.101. The first-order valence-corrected chi connectivity index (χ1v) is 6.75. The number of nitrogens with zero attached hydrogens (tertiary/aromatic N) is 1. The fourth-order valence-electron chi connectivity index (χ4n) is 1.71. The average Bonchev–Trinajstić information content (AvgIpc) is 2.45. The molecule has 0 fully saturated rings. The van der Waals surface area contributed by atoms with Crippen LogP contribution in [0.15, 0.2) is 18.2 Å². The fourth-order valence-corrected chi connectivity index (χ4v) is 1.71. The summed E-state index contributed by atoms with van der Waals surface area (Å²) in [5.41, 5.74) is 0.996. The minimum Gasteiger partial charge on any atom is -0.495 e. The van der Waals surface area contributed by atoms with E-state index in [2.05, 4.69) is 10.6 Å². The van der Waals surface area contributed by atoms with Gasteiger partial charge >= 0.3 is 0 Å². The Morgan fingerprint density at radius 1 is 1.29 bits per heavy atom. The molecule has 0 atom stereocenters. The van der Waals surface area contributed by atoms with E-state index in [1.165, 1.54) is 7.11 Å². The number of hydrogen-bond donors (Lipinski definition) is 2. The van der Waals surface area contributed by atoms with Crippen molar-refractivity contribution in [3.63, 3.8) is 0 Å².